The molecule has 0 radical (unpaired) electrons. The molecule has 3 atom stereocenters. The van der Waals surface area contributed by atoms with E-state index in [2.05, 4.69) is 0 Å². The van der Waals surface area contributed by atoms with Gasteiger partial charge in [-0.05, 0) is 19.4 Å². The lowest BCUT2D eigenvalue weighted by molar-refractivity contribution is -0.375. The van der Waals surface area contributed by atoms with Gasteiger partial charge in [0.05, 0.1) is 12.2 Å². The SMILES string of the molecule is CCOC(=O)[C@@H]1[C@@H](c2ccc(C)cc2)C2=C(O[C@@]1(O)C(F)(F)F)C(=O)c1ccccc1C2=O. The number of alkyl halides is 3. The molecule has 0 bridgehead atoms. The molecule has 0 unspecified atom stereocenters. The number of esters is 1. The summed E-state index contributed by atoms with van der Waals surface area (Å²) >= 11 is 0. The van der Waals surface area contributed by atoms with E-state index in [9.17, 15) is 32.7 Å². The van der Waals surface area contributed by atoms with E-state index in [1.165, 1.54) is 43.3 Å². The summed E-state index contributed by atoms with van der Waals surface area (Å²) in [5.41, 5.74) is 0.299. The summed E-state index contributed by atoms with van der Waals surface area (Å²) in [6.45, 7) is 2.87. The van der Waals surface area contributed by atoms with Crippen molar-refractivity contribution in [2.45, 2.75) is 31.7 Å². The van der Waals surface area contributed by atoms with Crippen LogP contribution in [0.25, 0.3) is 0 Å². The van der Waals surface area contributed by atoms with Crippen molar-refractivity contribution in [3.05, 3.63) is 82.1 Å². The van der Waals surface area contributed by atoms with Gasteiger partial charge >= 0.3 is 17.9 Å². The Kier molecular flexibility index (Phi) is 5.40. The zero-order valence-electron chi connectivity index (χ0n) is 17.6. The van der Waals surface area contributed by atoms with E-state index in [4.69, 9.17) is 9.47 Å². The molecule has 0 spiro atoms. The van der Waals surface area contributed by atoms with Gasteiger partial charge in [0.15, 0.2) is 11.5 Å². The highest BCUT2D eigenvalue weighted by molar-refractivity contribution is 6.27. The lowest BCUT2D eigenvalue weighted by atomic mass is 9.69. The Balaban J connectivity index is 2.05. The molecule has 2 aromatic rings. The molecule has 0 amide bonds. The van der Waals surface area contributed by atoms with Crippen molar-refractivity contribution in [1.82, 2.24) is 0 Å². The number of aliphatic hydroxyl groups is 1. The summed E-state index contributed by atoms with van der Waals surface area (Å²) < 4.78 is 52.4. The van der Waals surface area contributed by atoms with Crippen LogP contribution in [0.2, 0.25) is 0 Å². The summed E-state index contributed by atoms with van der Waals surface area (Å²) in [4.78, 5) is 39.4. The van der Waals surface area contributed by atoms with Gasteiger partial charge < -0.3 is 14.6 Å². The lowest BCUT2D eigenvalue weighted by Gasteiger charge is -2.45. The van der Waals surface area contributed by atoms with Crippen LogP contribution in [0.3, 0.4) is 0 Å². The van der Waals surface area contributed by atoms with Crippen LogP contribution < -0.4 is 0 Å². The Morgan fingerprint density at radius 3 is 2.18 bits per heavy atom. The molecule has 1 N–H and O–H groups in total. The zero-order valence-corrected chi connectivity index (χ0v) is 17.6. The second-order valence-electron chi connectivity index (χ2n) is 7.86. The van der Waals surface area contributed by atoms with Crippen LogP contribution in [-0.4, -0.2) is 41.2 Å². The number of hydrogen-bond acceptors (Lipinski definition) is 6. The van der Waals surface area contributed by atoms with E-state index in [0.29, 0.717) is 0 Å². The number of allylic oxidation sites excluding steroid dienone is 2. The Morgan fingerprint density at radius 2 is 1.64 bits per heavy atom. The van der Waals surface area contributed by atoms with E-state index in [-0.39, 0.29) is 23.3 Å². The number of halogens is 3. The second-order valence-corrected chi connectivity index (χ2v) is 7.86. The number of ether oxygens (including phenoxy) is 2. The molecule has 0 aromatic heterocycles. The minimum atomic E-state index is -5.49. The van der Waals surface area contributed by atoms with Crippen LogP contribution in [0, 0.1) is 12.8 Å². The number of ketones is 2. The van der Waals surface area contributed by atoms with Crippen LogP contribution in [0.1, 0.15) is 44.7 Å². The van der Waals surface area contributed by atoms with Crippen molar-refractivity contribution in [3.8, 4) is 0 Å². The number of carbonyl (C=O) groups is 3. The molecule has 172 valence electrons. The fourth-order valence-corrected chi connectivity index (χ4v) is 4.26. The van der Waals surface area contributed by atoms with E-state index in [1.807, 2.05) is 0 Å². The van der Waals surface area contributed by atoms with E-state index < -0.39 is 52.7 Å². The summed E-state index contributed by atoms with van der Waals surface area (Å²) in [6, 6.07) is 11.7. The van der Waals surface area contributed by atoms with Crippen LogP contribution in [0.15, 0.2) is 59.9 Å². The predicted molar refractivity (Wildman–Crippen MR) is 108 cm³/mol. The minimum absolute atomic E-state index is 0.0259. The van der Waals surface area contributed by atoms with Gasteiger partial charge in [-0.1, -0.05) is 54.1 Å². The molecular formula is C24H19F3O6. The first-order valence-electron chi connectivity index (χ1n) is 10.1. The maximum atomic E-state index is 14.2. The Bertz CT molecular complexity index is 1180. The molecule has 2 aliphatic rings. The van der Waals surface area contributed by atoms with Gasteiger partial charge in [-0.15, -0.1) is 0 Å². The zero-order chi connectivity index (χ0) is 24.1. The molecule has 0 saturated heterocycles. The third-order valence-corrected chi connectivity index (χ3v) is 5.82. The molecule has 9 heteroatoms. The minimum Gasteiger partial charge on any atom is -0.466 e. The molecule has 4 rings (SSSR count). The van der Waals surface area contributed by atoms with Gasteiger partial charge in [-0.2, -0.15) is 13.2 Å². The number of rotatable bonds is 3. The summed E-state index contributed by atoms with van der Waals surface area (Å²) in [6.07, 6.45) is -5.49. The number of aryl methyl sites for hydroxylation is 1. The number of benzene rings is 2. The topological polar surface area (TPSA) is 89.9 Å². The van der Waals surface area contributed by atoms with Gasteiger partial charge in [0.1, 0.15) is 5.92 Å². The number of fused-ring (bicyclic) bond motifs is 1. The van der Waals surface area contributed by atoms with E-state index >= 15 is 0 Å². The van der Waals surface area contributed by atoms with Gasteiger partial charge in [0.25, 0.3) is 0 Å². The quantitative estimate of drug-likeness (QED) is 0.700. The standard InChI is InChI=1S/C24H19F3O6/c1-3-32-22(30)18-16(13-10-8-12(2)9-11-13)17-19(28)14-6-4-5-7-15(14)20(29)21(17)33-23(18,31)24(25,26)27/h4-11,16,18,31H,3H2,1-2H3/t16-,18-,23+/m0/s1. The average Bonchev–Trinajstić information content (AvgIpc) is 2.76. The first-order valence-corrected chi connectivity index (χ1v) is 10.1. The summed E-state index contributed by atoms with van der Waals surface area (Å²) in [5, 5.41) is 10.8. The number of hydrogen-bond donors (Lipinski definition) is 1. The molecule has 6 nitrogen and oxygen atoms in total. The van der Waals surface area contributed by atoms with Gasteiger partial charge in [-0.3, -0.25) is 14.4 Å². The molecule has 1 aliphatic carbocycles. The smallest absolute Gasteiger partial charge is 0.456 e. The van der Waals surface area contributed by atoms with Crippen LogP contribution in [-0.2, 0) is 14.3 Å². The predicted octanol–water partition coefficient (Wildman–Crippen LogP) is 3.87. The fourth-order valence-electron chi connectivity index (χ4n) is 4.26. The van der Waals surface area contributed by atoms with Crippen LogP contribution in [0.4, 0.5) is 13.2 Å². The summed E-state index contributed by atoms with van der Waals surface area (Å²) in [7, 11) is 0. The maximum absolute atomic E-state index is 14.2. The highest BCUT2D eigenvalue weighted by Crippen LogP contribution is 2.54. The number of carbonyl (C=O) groups excluding carboxylic acids is 3. The first kappa shape index (κ1) is 22.7. The van der Waals surface area contributed by atoms with Crippen molar-refractivity contribution in [2.75, 3.05) is 6.61 Å². The third kappa shape index (κ3) is 3.43. The molecule has 1 aliphatic heterocycles. The molecule has 0 saturated carbocycles. The maximum Gasteiger partial charge on any atom is 0.456 e. The van der Waals surface area contributed by atoms with Crippen molar-refractivity contribution in [3.63, 3.8) is 0 Å². The van der Waals surface area contributed by atoms with Crippen molar-refractivity contribution >= 4 is 17.5 Å². The molecule has 2 aromatic carbocycles. The third-order valence-electron chi connectivity index (χ3n) is 5.82. The largest absolute Gasteiger partial charge is 0.466 e. The average molecular weight is 460 g/mol. The van der Waals surface area contributed by atoms with E-state index in [0.717, 1.165) is 5.56 Å². The fraction of sp³-hybridized carbons (Fsp3) is 0.292. The first-order chi connectivity index (χ1) is 15.5. The Hall–Kier alpha value is -3.46. The molecule has 33 heavy (non-hydrogen) atoms. The molecular weight excluding hydrogens is 441 g/mol. The lowest BCUT2D eigenvalue weighted by Crippen LogP contribution is -2.61. The normalized spacial score (nSPS) is 24.7. The van der Waals surface area contributed by atoms with Crippen LogP contribution >= 0.6 is 0 Å². The molecule has 1 heterocycles. The van der Waals surface area contributed by atoms with Crippen LogP contribution in [0.5, 0.6) is 0 Å². The van der Waals surface area contributed by atoms with Gasteiger partial charge in [0, 0.05) is 17.0 Å². The molecule has 0 fully saturated rings. The Labute approximate surface area is 186 Å². The highest BCUT2D eigenvalue weighted by Gasteiger charge is 2.70. The highest BCUT2D eigenvalue weighted by atomic mass is 19.4. The van der Waals surface area contributed by atoms with Gasteiger partial charge in [0.2, 0.25) is 5.78 Å². The van der Waals surface area contributed by atoms with Gasteiger partial charge in [-0.25, -0.2) is 0 Å². The van der Waals surface area contributed by atoms with E-state index in [1.54, 1.807) is 19.1 Å². The monoisotopic (exact) mass is 460 g/mol. The second kappa shape index (κ2) is 7.84. The van der Waals surface area contributed by atoms with Crippen molar-refractivity contribution < 1.29 is 42.1 Å². The summed E-state index contributed by atoms with van der Waals surface area (Å²) in [5.74, 6) is -12.2. The Morgan fingerprint density at radius 1 is 1.06 bits per heavy atom. The van der Waals surface area contributed by atoms with Crippen molar-refractivity contribution in [1.29, 1.82) is 0 Å². The van der Waals surface area contributed by atoms with Crippen molar-refractivity contribution in [2.24, 2.45) is 5.92 Å². The number of Topliss-reactive ketones (excluding diaryl/α,β-unsaturated/α-hetero) is 2.